The van der Waals surface area contributed by atoms with Gasteiger partial charge in [-0.15, -0.1) is 0 Å². The number of likely N-dealkylation sites (N-methyl/N-ethyl adjacent to an activating group) is 2. The van der Waals surface area contributed by atoms with Crippen molar-refractivity contribution in [1.82, 2.24) is 10.2 Å². The summed E-state index contributed by atoms with van der Waals surface area (Å²) >= 11 is 0. The van der Waals surface area contributed by atoms with E-state index < -0.39 is 17.6 Å². The lowest BCUT2D eigenvalue weighted by molar-refractivity contribution is -0.128. The van der Waals surface area contributed by atoms with Crippen LogP contribution in [0.25, 0.3) is 0 Å². The number of carbonyl (C=O) groups excluding carboxylic acids is 2. The van der Waals surface area contributed by atoms with E-state index in [-0.39, 0.29) is 0 Å². The standard InChI is InChI=1S/C7H12N2O3/c1-8-6(11)4-5(10)7(12)9(2)3/h4,10H,1-3H3,(H,8,11). The maximum absolute atomic E-state index is 10.9. The predicted octanol–water partition coefficient (Wildman–Crippen LogP) is -0.737. The van der Waals surface area contributed by atoms with Gasteiger partial charge in [0.05, 0.1) is 6.08 Å². The number of aliphatic hydroxyl groups excluding tert-OH is 1. The molecular formula is C7H12N2O3. The molecule has 0 aliphatic carbocycles. The second kappa shape index (κ2) is 4.38. The summed E-state index contributed by atoms with van der Waals surface area (Å²) in [5.74, 6) is -1.68. The first-order valence-corrected chi connectivity index (χ1v) is 3.33. The third kappa shape index (κ3) is 3.05. The van der Waals surface area contributed by atoms with Crippen LogP contribution in [-0.2, 0) is 9.59 Å². The summed E-state index contributed by atoms with van der Waals surface area (Å²) in [4.78, 5) is 22.7. The molecule has 5 heteroatoms. The second-order valence-electron chi connectivity index (χ2n) is 2.34. The number of amides is 2. The van der Waals surface area contributed by atoms with Gasteiger partial charge < -0.3 is 15.3 Å². The molecule has 0 aliphatic rings. The maximum Gasteiger partial charge on any atom is 0.288 e. The van der Waals surface area contributed by atoms with Crippen molar-refractivity contribution in [3.63, 3.8) is 0 Å². The van der Waals surface area contributed by atoms with Crippen molar-refractivity contribution in [1.29, 1.82) is 0 Å². The Morgan fingerprint density at radius 2 is 1.92 bits per heavy atom. The molecule has 0 aliphatic heterocycles. The lowest BCUT2D eigenvalue weighted by Crippen LogP contribution is -2.25. The van der Waals surface area contributed by atoms with Crippen molar-refractivity contribution < 1.29 is 14.7 Å². The quantitative estimate of drug-likeness (QED) is 0.426. The van der Waals surface area contributed by atoms with Gasteiger partial charge in [-0.1, -0.05) is 0 Å². The molecule has 2 N–H and O–H groups in total. The van der Waals surface area contributed by atoms with E-state index in [0.29, 0.717) is 0 Å². The van der Waals surface area contributed by atoms with Gasteiger partial charge >= 0.3 is 0 Å². The third-order valence-electron chi connectivity index (χ3n) is 1.14. The van der Waals surface area contributed by atoms with Gasteiger partial charge in [0.25, 0.3) is 5.91 Å². The van der Waals surface area contributed by atoms with E-state index in [1.165, 1.54) is 26.0 Å². The van der Waals surface area contributed by atoms with Gasteiger partial charge in [0.1, 0.15) is 0 Å². The fourth-order valence-corrected chi connectivity index (χ4v) is 0.487. The highest BCUT2D eigenvalue weighted by Crippen LogP contribution is 1.92. The number of aliphatic hydroxyl groups is 1. The van der Waals surface area contributed by atoms with Gasteiger partial charge in [0.15, 0.2) is 5.76 Å². The van der Waals surface area contributed by atoms with Gasteiger partial charge in [-0.25, -0.2) is 0 Å². The molecular weight excluding hydrogens is 160 g/mol. The molecule has 0 spiro atoms. The van der Waals surface area contributed by atoms with Crippen molar-refractivity contribution >= 4 is 11.8 Å². The molecule has 0 rings (SSSR count). The summed E-state index contributed by atoms with van der Waals surface area (Å²) in [5.41, 5.74) is 0. The van der Waals surface area contributed by atoms with E-state index in [0.717, 1.165) is 6.08 Å². The zero-order valence-corrected chi connectivity index (χ0v) is 7.29. The minimum atomic E-state index is -0.599. The Bertz CT molecular complexity index is 221. The van der Waals surface area contributed by atoms with Gasteiger partial charge in [0, 0.05) is 21.1 Å². The van der Waals surface area contributed by atoms with Crippen LogP contribution in [0.4, 0.5) is 0 Å². The lowest BCUT2D eigenvalue weighted by Gasteiger charge is -2.08. The highest BCUT2D eigenvalue weighted by Gasteiger charge is 2.10. The van der Waals surface area contributed by atoms with Crippen molar-refractivity contribution in [2.45, 2.75) is 0 Å². The first-order chi connectivity index (χ1) is 5.49. The smallest absolute Gasteiger partial charge is 0.288 e. The van der Waals surface area contributed by atoms with Crippen LogP contribution in [0.5, 0.6) is 0 Å². The van der Waals surface area contributed by atoms with E-state index >= 15 is 0 Å². The monoisotopic (exact) mass is 172 g/mol. The Morgan fingerprint density at radius 3 is 2.25 bits per heavy atom. The minimum Gasteiger partial charge on any atom is -0.503 e. The van der Waals surface area contributed by atoms with E-state index in [1.807, 2.05) is 0 Å². The van der Waals surface area contributed by atoms with Gasteiger partial charge in [-0.3, -0.25) is 9.59 Å². The first-order valence-electron chi connectivity index (χ1n) is 3.33. The largest absolute Gasteiger partial charge is 0.503 e. The van der Waals surface area contributed by atoms with E-state index in [9.17, 15) is 9.59 Å². The van der Waals surface area contributed by atoms with Crippen molar-refractivity contribution in [3.8, 4) is 0 Å². The van der Waals surface area contributed by atoms with Gasteiger partial charge in [-0.05, 0) is 0 Å². The fraction of sp³-hybridized carbons (Fsp3) is 0.429. The fourth-order valence-electron chi connectivity index (χ4n) is 0.487. The van der Waals surface area contributed by atoms with Crippen molar-refractivity contribution in [3.05, 3.63) is 11.8 Å². The number of nitrogens with one attached hydrogen (secondary N) is 1. The third-order valence-corrected chi connectivity index (χ3v) is 1.14. The van der Waals surface area contributed by atoms with Crippen LogP contribution in [-0.4, -0.2) is 43.0 Å². The molecule has 0 unspecified atom stereocenters. The molecule has 0 aromatic heterocycles. The number of hydrogen-bond acceptors (Lipinski definition) is 3. The van der Waals surface area contributed by atoms with Crippen LogP contribution in [0, 0.1) is 0 Å². The number of rotatable bonds is 2. The van der Waals surface area contributed by atoms with Crippen LogP contribution in [0.3, 0.4) is 0 Å². The van der Waals surface area contributed by atoms with Crippen molar-refractivity contribution in [2.75, 3.05) is 21.1 Å². The maximum atomic E-state index is 10.9. The second-order valence-corrected chi connectivity index (χ2v) is 2.34. The Morgan fingerprint density at radius 1 is 1.42 bits per heavy atom. The van der Waals surface area contributed by atoms with Crippen LogP contribution < -0.4 is 5.32 Å². The summed E-state index contributed by atoms with van der Waals surface area (Å²) in [6, 6.07) is 0. The van der Waals surface area contributed by atoms with Crippen LogP contribution in [0.15, 0.2) is 11.8 Å². The molecule has 2 amide bonds. The first kappa shape index (κ1) is 10.5. The van der Waals surface area contributed by atoms with E-state index in [1.54, 1.807) is 0 Å². The molecule has 12 heavy (non-hydrogen) atoms. The molecule has 0 atom stereocenters. The highest BCUT2D eigenvalue weighted by molar-refractivity contribution is 5.98. The van der Waals surface area contributed by atoms with Crippen LogP contribution in [0.2, 0.25) is 0 Å². The summed E-state index contributed by atoms with van der Waals surface area (Å²) in [6.45, 7) is 0. The summed E-state index contributed by atoms with van der Waals surface area (Å²) < 4.78 is 0. The van der Waals surface area contributed by atoms with Crippen LogP contribution >= 0.6 is 0 Å². The molecule has 0 fully saturated rings. The molecule has 5 nitrogen and oxygen atoms in total. The van der Waals surface area contributed by atoms with Crippen LogP contribution in [0.1, 0.15) is 0 Å². The Balaban J connectivity index is 4.38. The predicted molar refractivity (Wildman–Crippen MR) is 43.5 cm³/mol. The van der Waals surface area contributed by atoms with E-state index in [4.69, 9.17) is 5.11 Å². The summed E-state index contributed by atoms with van der Waals surface area (Å²) in [5, 5.41) is 11.2. The van der Waals surface area contributed by atoms with Crippen molar-refractivity contribution in [2.24, 2.45) is 0 Å². The number of carbonyl (C=O) groups is 2. The molecule has 0 aromatic rings. The Kier molecular flexibility index (Phi) is 3.82. The number of hydrogen-bond donors (Lipinski definition) is 2. The van der Waals surface area contributed by atoms with Gasteiger partial charge in [-0.2, -0.15) is 0 Å². The summed E-state index contributed by atoms with van der Waals surface area (Å²) in [7, 11) is 4.37. The normalized spacial score (nSPS) is 10.8. The molecule has 0 saturated heterocycles. The molecule has 0 aromatic carbocycles. The molecule has 0 radical (unpaired) electrons. The molecule has 68 valence electrons. The highest BCUT2D eigenvalue weighted by atomic mass is 16.3. The molecule has 0 saturated carbocycles. The average molecular weight is 172 g/mol. The topological polar surface area (TPSA) is 69.6 Å². The zero-order chi connectivity index (χ0) is 9.72. The lowest BCUT2D eigenvalue weighted by atomic mass is 10.4. The van der Waals surface area contributed by atoms with E-state index in [2.05, 4.69) is 5.32 Å². The molecule has 0 bridgehead atoms. The number of nitrogens with zero attached hydrogens (tertiary/aromatic N) is 1. The zero-order valence-electron chi connectivity index (χ0n) is 7.29. The SMILES string of the molecule is CNC(=O)C=C(O)C(=O)N(C)C. The average Bonchev–Trinajstić information content (AvgIpc) is 2.02. The molecule has 0 heterocycles. The minimum absolute atomic E-state index is 0.511. The Labute approximate surface area is 70.7 Å². The van der Waals surface area contributed by atoms with Gasteiger partial charge in [0.2, 0.25) is 5.91 Å². The Hall–Kier alpha value is -1.52. The summed E-state index contributed by atoms with van der Waals surface area (Å²) in [6.07, 6.45) is 0.836.